The van der Waals surface area contributed by atoms with Gasteiger partial charge in [-0.15, -0.1) is 0 Å². The van der Waals surface area contributed by atoms with Gasteiger partial charge >= 0.3 is 0 Å². The molecule has 0 radical (unpaired) electrons. The SMILES string of the molecule is CCCc1nc2sc(N3CCCC3C(=O)NCc3ccccc3)nc2c(=O)n1C. The van der Waals surface area contributed by atoms with Gasteiger partial charge in [-0.3, -0.25) is 14.2 Å². The minimum Gasteiger partial charge on any atom is -0.350 e. The average molecular weight is 412 g/mol. The predicted octanol–water partition coefficient (Wildman–Crippen LogP) is 2.63. The van der Waals surface area contributed by atoms with Crippen molar-refractivity contribution in [1.82, 2.24) is 19.9 Å². The summed E-state index contributed by atoms with van der Waals surface area (Å²) in [6.07, 6.45) is 3.38. The summed E-state index contributed by atoms with van der Waals surface area (Å²) in [5.74, 6) is 0.775. The van der Waals surface area contributed by atoms with E-state index in [2.05, 4.69) is 22.2 Å². The maximum absolute atomic E-state index is 12.8. The van der Waals surface area contributed by atoms with E-state index in [9.17, 15) is 9.59 Å². The Kier molecular flexibility index (Phi) is 5.62. The number of fused-ring (bicyclic) bond motifs is 1. The predicted molar refractivity (Wildman–Crippen MR) is 115 cm³/mol. The minimum atomic E-state index is -0.266. The minimum absolute atomic E-state index is 0.00172. The molecular weight excluding hydrogens is 386 g/mol. The number of aryl methyl sites for hydroxylation is 1. The molecule has 3 heterocycles. The lowest BCUT2D eigenvalue weighted by Gasteiger charge is -2.23. The second-order valence-electron chi connectivity index (χ2n) is 7.35. The molecule has 1 aliphatic rings. The molecular formula is C21H25N5O2S. The molecule has 0 bridgehead atoms. The number of carbonyl (C=O) groups excluding carboxylic acids is 1. The van der Waals surface area contributed by atoms with Gasteiger partial charge in [-0.05, 0) is 24.8 Å². The Hall–Kier alpha value is -2.74. The van der Waals surface area contributed by atoms with Crippen molar-refractivity contribution in [3.8, 4) is 0 Å². The van der Waals surface area contributed by atoms with Crippen LogP contribution in [0.25, 0.3) is 10.3 Å². The van der Waals surface area contributed by atoms with E-state index >= 15 is 0 Å². The number of carbonyl (C=O) groups is 1. The van der Waals surface area contributed by atoms with Crippen LogP contribution in [0.1, 0.15) is 37.6 Å². The van der Waals surface area contributed by atoms with Gasteiger partial charge in [-0.1, -0.05) is 48.6 Å². The molecule has 1 fully saturated rings. The van der Waals surface area contributed by atoms with Crippen LogP contribution in [0.4, 0.5) is 5.13 Å². The maximum Gasteiger partial charge on any atom is 0.280 e. The van der Waals surface area contributed by atoms with Crippen molar-refractivity contribution in [2.45, 2.75) is 45.2 Å². The first-order valence-corrected chi connectivity index (χ1v) is 10.8. The van der Waals surface area contributed by atoms with E-state index in [4.69, 9.17) is 0 Å². The normalized spacial score (nSPS) is 16.5. The standard InChI is InChI=1S/C21H25N5O2S/c1-3-8-16-23-19-17(20(28)25(16)2)24-21(29-19)26-12-7-11-15(26)18(27)22-13-14-9-5-4-6-10-14/h4-6,9-10,15H,3,7-8,11-13H2,1-2H3,(H,22,27). The van der Waals surface area contributed by atoms with Crippen LogP contribution in [0, 0.1) is 0 Å². The molecule has 1 amide bonds. The van der Waals surface area contributed by atoms with Crippen LogP contribution in [0.3, 0.4) is 0 Å². The molecule has 0 spiro atoms. The number of benzene rings is 1. The van der Waals surface area contributed by atoms with E-state index in [1.54, 1.807) is 11.6 Å². The summed E-state index contributed by atoms with van der Waals surface area (Å²) in [4.78, 5) is 37.4. The zero-order chi connectivity index (χ0) is 20.4. The van der Waals surface area contributed by atoms with E-state index in [0.717, 1.165) is 43.6 Å². The summed E-state index contributed by atoms with van der Waals surface area (Å²) in [5, 5.41) is 3.74. The molecule has 152 valence electrons. The number of hydrogen-bond donors (Lipinski definition) is 1. The van der Waals surface area contributed by atoms with Crippen molar-refractivity contribution in [2.75, 3.05) is 11.4 Å². The first-order valence-electron chi connectivity index (χ1n) is 10.0. The number of anilines is 1. The molecule has 1 unspecified atom stereocenters. The molecule has 1 aromatic carbocycles. The number of aromatic nitrogens is 3. The number of hydrogen-bond acceptors (Lipinski definition) is 6. The van der Waals surface area contributed by atoms with Crippen molar-refractivity contribution in [1.29, 1.82) is 0 Å². The number of rotatable bonds is 6. The first kappa shape index (κ1) is 19.6. The maximum atomic E-state index is 12.8. The van der Waals surface area contributed by atoms with Gasteiger partial charge in [0.15, 0.2) is 15.5 Å². The molecule has 7 nitrogen and oxygen atoms in total. The van der Waals surface area contributed by atoms with E-state index in [1.165, 1.54) is 11.3 Å². The molecule has 29 heavy (non-hydrogen) atoms. The Morgan fingerprint density at radius 2 is 2.07 bits per heavy atom. The molecule has 4 rings (SSSR count). The lowest BCUT2D eigenvalue weighted by Crippen LogP contribution is -2.43. The van der Waals surface area contributed by atoms with Crippen molar-refractivity contribution >= 4 is 32.7 Å². The molecule has 1 saturated heterocycles. The molecule has 1 N–H and O–H groups in total. The van der Waals surface area contributed by atoms with Crippen molar-refractivity contribution in [3.63, 3.8) is 0 Å². The number of amides is 1. The highest BCUT2D eigenvalue weighted by atomic mass is 32.1. The highest BCUT2D eigenvalue weighted by Gasteiger charge is 2.33. The van der Waals surface area contributed by atoms with Crippen LogP contribution >= 0.6 is 11.3 Å². The van der Waals surface area contributed by atoms with Crippen molar-refractivity contribution in [2.24, 2.45) is 7.05 Å². The Morgan fingerprint density at radius 3 is 2.83 bits per heavy atom. The molecule has 1 aliphatic heterocycles. The van der Waals surface area contributed by atoms with Crippen LogP contribution in [0.15, 0.2) is 35.1 Å². The third-order valence-corrected chi connectivity index (χ3v) is 6.29. The molecule has 0 saturated carbocycles. The van der Waals surface area contributed by atoms with Gasteiger partial charge < -0.3 is 10.2 Å². The largest absolute Gasteiger partial charge is 0.350 e. The summed E-state index contributed by atoms with van der Waals surface area (Å²) in [7, 11) is 1.74. The van der Waals surface area contributed by atoms with E-state index in [0.29, 0.717) is 22.0 Å². The van der Waals surface area contributed by atoms with Crippen LogP contribution in [0.2, 0.25) is 0 Å². The van der Waals surface area contributed by atoms with Gasteiger partial charge in [0.05, 0.1) is 0 Å². The summed E-state index contributed by atoms with van der Waals surface area (Å²) >= 11 is 1.40. The van der Waals surface area contributed by atoms with Gasteiger partial charge in [0.1, 0.15) is 11.9 Å². The summed E-state index contributed by atoms with van der Waals surface area (Å²) in [6, 6.07) is 9.61. The molecule has 8 heteroatoms. The fourth-order valence-electron chi connectivity index (χ4n) is 3.73. The van der Waals surface area contributed by atoms with Crippen LogP contribution in [-0.4, -0.2) is 33.0 Å². The molecule has 2 aromatic heterocycles. The Balaban J connectivity index is 1.56. The second-order valence-corrected chi connectivity index (χ2v) is 8.30. The highest BCUT2D eigenvalue weighted by molar-refractivity contribution is 7.21. The van der Waals surface area contributed by atoms with Crippen molar-refractivity contribution < 1.29 is 4.79 Å². The fraction of sp³-hybridized carbons (Fsp3) is 0.429. The first-order chi connectivity index (χ1) is 14.1. The van der Waals surface area contributed by atoms with Crippen LogP contribution < -0.4 is 15.8 Å². The van der Waals surface area contributed by atoms with Gasteiger partial charge in [0.25, 0.3) is 5.56 Å². The quantitative estimate of drug-likeness (QED) is 0.674. The van der Waals surface area contributed by atoms with Gasteiger partial charge in [-0.2, -0.15) is 0 Å². The average Bonchev–Trinajstić information content (AvgIpc) is 3.38. The lowest BCUT2D eigenvalue weighted by atomic mass is 10.2. The molecule has 3 aromatic rings. The summed E-state index contributed by atoms with van der Waals surface area (Å²) in [5.41, 5.74) is 1.34. The van der Waals surface area contributed by atoms with E-state index < -0.39 is 0 Å². The Morgan fingerprint density at radius 1 is 1.28 bits per heavy atom. The van der Waals surface area contributed by atoms with Crippen molar-refractivity contribution in [3.05, 3.63) is 52.1 Å². The van der Waals surface area contributed by atoms with Gasteiger partial charge in [0.2, 0.25) is 5.91 Å². The van der Waals surface area contributed by atoms with E-state index in [-0.39, 0.29) is 17.5 Å². The molecule has 0 aliphatic carbocycles. The third kappa shape index (κ3) is 3.89. The second kappa shape index (κ2) is 8.32. The van der Waals surface area contributed by atoms with Crippen LogP contribution in [0.5, 0.6) is 0 Å². The zero-order valence-electron chi connectivity index (χ0n) is 16.7. The monoisotopic (exact) mass is 411 g/mol. The number of nitrogens with zero attached hydrogens (tertiary/aromatic N) is 4. The topological polar surface area (TPSA) is 80.1 Å². The molecule has 1 atom stereocenters. The summed E-state index contributed by atoms with van der Waals surface area (Å²) < 4.78 is 1.59. The highest BCUT2D eigenvalue weighted by Crippen LogP contribution is 2.31. The summed E-state index contributed by atoms with van der Waals surface area (Å²) in [6.45, 7) is 3.33. The smallest absolute Gasteiger partial charge is 0.280 e. The van der Waals surface area contributed by atoms with Gasteiger partial charge in [0, 0.05) is 26.6 Å². The third-order valence-electron chi connectivity index (χ3n) is 5.31. The van der Waals surface area contributed by atoms with Crippen LogP contribution in [-0.2, 0) is 24.8 Å². The Labute approximate surface area is 173 Å². The lowest BCUT2D eigenvalue weighted by molar-refractivity contribution is -0.122. The number of nitrogens with one attached hydrogen (secondary N) is 1. The fourth-order valence-corrected chi connectivity index (χ4v) is 4.75. The number of thiazole rings is 1. The van der Waals surface area contributed by atoms with Gasteiger partial charge in [-0.25, -0.2) is 9.97 Å². The zero-order valence-corrected chi connectivity index (χ0v) is 17.5. The van der Waals surface area contributed by atoms with E-state index in [1.807, 2.05) is 35.2 Å². The Bertz CT molecular complexity index is 1080.